The second kappa shape index (κ2) is 11.0. The molecule has 0 aliphatic carbocycles. The van der Waals surface area contributed by atoms with Crippen molar-refractivity contribution in [3.05, 3.63) is 59.4 Å². The quantitative estimate of drug-likeness (QED) is 0.427. The van der Waals surface area contributed by atoms with Crippen molar-refractivity contribution in [2.75, 3.05) is 54.5 Å². The lowest BCUT2D eigenvalue weighted by atomic mass is 10.1. The summed E-state index contributed by atoms with van der Waals surface area (Å²) >= 11 is 0. The molecule has 1 N–H and O–H groups in total. The number of alkyl halides is 6. The summed E-state index contributed by atoms with van der Waals surface area (Å²) in [6, 6.07) is 6.27. The van der Waals surface area contributed by atoms with Crippen molar-refractivity contribution in [2.45, 2.75) is 29.4 Å². The lowest BCUT2D eigenvalue weighted by molar-refractivity contribution is -0.137. The van der Waals surface area contributed by atoms with Crippen LogP contribution >= 0.6 is 0 Å². The molecule has 1 fully saturated rings. The Labute approximate surface area is 231 Å². The number of anilines is 4. The third kappa shape index (κ3) is 6.02. The molecule has 1 saturated heterocycles. The smallest absolute Gasteiger partial charge is 0.378 e. The number of pyridine rings is 1. The Kier molecular flexibility index (Phi) is 7.72. The Balaban J connectivity index is 1.48. The molecule has 16 heteroatoms. The van der Waals surface area contributed by atoms with Crippen molar-refractivity contribution in [1.29, 1.82) is 0 Å². The number of fused-ring (bicyclic) bond motifs is 1. The van der Waals surface area contributed by atoms with Crippen LogP contribution in [-0.2, 0) is 33.6 Å². The van der Waals surface area contributed by atoms with Crippen LogP contribution in [-0.4, -0.2) is 68.3 Å². The minimum Gasteiger partial charge on any atom is -0.378 e. The monoisotopic (exact) mass is 602 g/mol. The molecule has 0 unspecified atom stereocenters. The Morgan fingerprint density at radius 3 is 2.20 bits per heavy atom. The van der Waals surface area contributed by atoms with E-state index in [1.807, 2.05) is 4.90 Å². The maximum atomic E-state index is 13.7. The van der Waals surface area contributed by atoms with Crippen molar-refractivity contribution in [3.63, 3.8) is 0 Å². The molecule has 1 aromatic carbocycles. The summed E-state index contributed by atoms with van der Waals surface area (Å²) in [5.74, 6) is 0.500. The Bertz CT molecular complexity index is 1510. The first-order valence-electron chi connectivity index (χ1n) is 12.5. The molecular formula is C25H24F6N6O3S. The lowest BCUT2D eigenvalue weighted by Crippen LogP contribution is -2.37. The summed E-state index contributed by atoms with van der Waals surface area (Å²) in [6.07, 6.45) is -2.77. The molecule has 9 nitrogen and oxygen atoms in total. The van der Waals surface area contributed by atoms with Gasteiger partial charge in [-0.1, -0.05) is 0 Å². The van der Waals surface area contributed by atoms with E-state index in [0.29, 0.717) is 49.3 Å². The maximum Gasteiger partial charge on any atom is 0.501 e. The van der Waals surface area contributed by atoms with Crippen molar-refractivity contribution >= 4 is 33.1 Å². The van der Waals surface area contributed by atoms with Gasteiger partial charge in [-0.25, -0.2) is 18.4 Å². The van der Waals surface area contributed by atoms with Crippen molar-refractivity contribution in [1.82, 2.24) is 15.0 Å². The lowest BCUT2D eigenvalue weighted by Gasteiger charge is -2.28. The Morgan fingerprint density at radius 2 is 1.54 bits per heavy atom. The molecule has 3 aromatic rings. The maximum absolute atomic E-state index is 13.7. The highest BCUT2D eigenvalue weighted by Gasteiger charge is 2.46. The van der Waals surface area contributed by atoms with Crippen molar-refractivity contribution in [3.8, 4) is 0 Å². The Morgan fingerprint density at radius 1 is 0.854 bits per heavy atom. The number of benzene rings is 1. The third-order valence-electron chi connectivity index (χ3n) is 6.75. The minimum atomic E-state index is -5.52. The molecule has 0 spiro atoms. The zero-order valence-corrected chi connectivity index (χ0v) is 22.2. The fourth-order valence-corrected chi connectivity index (χ4v) is 5.43. The summed E-state index contributed by atoms with van der Waals surface area (Å²) < 4.78 is 109. The van der Waals surface area contributed by atoms with E-state index in [1.54, 1.807) is 4.90 Å². The van der Waals surface area contributed by atoms with Crippen LogP contribution in [0, 0.1) is 0 Å². The Hall–Kier alpha value is -3.66. The van der Waals surface area contributed by atoms with Crippen LogP contribution in [0.15, 0.2) is 47.5 Å². The van der Waals surface area contributed by atoms with E-state index in [-0.39, 0.29) is 37.4 Å². The van der Waals surface area contributed by atoms with Gasteiger partial charge in [0.05, 0.1) is 29.4 Å². The van der Waals surface area contributed by atoms with E-state index in [0.717, 1.165) is 18.2 Å². The molecule has 2 aliphatic heterocycles. The largest absolute Gasteiger partial charge is 0.501 e. The number of sulfone groups is 1. The van der Waals surface area contributed by atoms with Gasteiger partial charge >= 0.3 is 11.7 Å². The molecule has 2 aromatic heterocycles. The highest BCUT2D eigenvalue weighted by molar-refractivity contribution is 7.92. The van der Waals surface area contributed by atoms with Gasteiger partial charge in [0, 0.05) is 50.0 Å². The number of morpholine rings is 1. The molecule has 0 atom stereocenters. The van der Waals surface area contributed by atoms with Gasteiger partial charge in [0.15, 0.2) is 0 Å². The normalized spacial score (nSPS) is 16.7. The van der Waals surface area contributed by atoms with Crippen molar-refractivity contribution in [2.24, 2.45) is 0 Å². The average Bonchev–Trinajstić information content (AvgIpc) is 3.16. The highest BCUT2D eigenvalue weighted by atomic mass is 32.2. The van der Waals surface area contributed by atoms with Crippen LogP contribution in [0.4, 0.5) is 49.6 Å². The van der Waals surface area contributed by atoms with Gasteiger partial charge in [-0.05, 0) is 42.8 Å². The molecule has 0 radical (unpaired) electrons. The van der Waals surface area contributed by atoms with Gasteiger partial charge in [-0.2, -0.15) is 31.3 Å². The molecule has 0 amide bonds. The number of hydrogen-bond donors (Lipinski definition) is 1. The number of nitrogens with zero attached hydrogens (tertiary/aromatic N) is 5. The van der Waals surface area contributed by atoms with Gasteiger partial charge in [0.2, 0.25) is 5.95 Å². The first-order chi connectivity index (χ1) is 19.3. The van der Waals surface area contributed by atoms with Gasteiger partial charge in [0.25, 0.3) is 9.84 Å². The summed E-state index contributed by atoms with van der Waals surface area (Å²) in [4.78, 5) is 15.9. The van der Waals surface area contributed by atoms with Gasteiger partial charge in [-0.3, -0.25) is 0 Å². The molecule has 5 rings (SSSR count). The van der Waals surface area contributed by atoms with Crippen LogP contribution in [0.25, 0.3) is 0 Å². The summed E-state index contributed by atoms with van der Waals surface area (Å²) in [5, 5.41) is 3.05. The van der Waals surface area contributed by atoms with E-state index < -0.39 is 32.0 Å². The van der Waals surface area contributed by atoms with E-state index >= 15 is 0 Å². The fourth-order valence-electron chi connectivity index (χ4n) is 4.66. The standard InChI is InChI=1S/C25H24F6N6O3S/c26-24(27,28)19-2-1-9-32-22(19)36-10-7-18-20(8-11-36)34-23(37-12-14-40-15-13-37)35-21(18)33-16-3-5-17(6-4-16)41(38,39)25(29,30)31/h1-6,9H,7-8,10-15H2,(H,33,34,35). The number of ether oxygens (including phenoxy) is 1. The molecule has 2 aliphatic rings. The van der Waals surface area contributed by atoms with Crippen LogP contribution < -0.4 is 15.1 Å². The highest BCUT2D eigenvalue weighted by Crippen LogP contribution is 2.37. The summed E-state index contributed by atoms with van der Waals surface area (Å²) in [7, 11) is -5.52. The van der Waals surface area contributed by atoms with Crippen LogP contribution in [0.3, 0.4) is 0 Å². The predicted molar refractivity (Wildman–Crippen MR) is 137 cm³/mol. The number of nitrogens with one attached hydrogen (secondary N) is 1. The summed E-state index contributed by atoms with van der Waals surface area (Å²) in [6.45, 7) is 2.30. The molecule has 4 heterocycles. The second-order valence-corrected chi connectivity index (χ2v) is 11.3. The fraction of sp³-hybridized carbons (Fsp3) is 0.400. The number of aromatic nitrogens is 3. The molecule has 0 bridgehead atoms. The third-order valence-corrected chi connectivity index (χ3v) is 8.25. The zero-order valence-electron chi connectivity index (χ0n) is 21.3. The van der Waals surface area contributed by atoms with E-state index in [4.69, 9.17) is 9.72 Å². The van der Waals surface area contributed by atoms with E-state index in [9.17, 15) is 34.8 Å². The second-order valence-electron chi connectivity index (χ2n) is 9.35. The number of rotatable bonds is 5. The van der Waals surface area contributed by atoms with Crippen molar-refractivity contribution < 1.29 is 39.5 Å². The molecular weight excluding hydrogens is 578 g/mol. The van der Waals surface area contributed by atoms with Gasteiger partial charge in [-0.15, -0.1) is 0 Å². The average molecular weight is 603 g/mol. The van der Waals surface area contributed by atoms with Gasteiger partial charge in [0.1, 0.15) is 11.6 Å². The van der Waals surface area contributed by atoms with Gasteiger partial charge < -0.3 is 19.9 Å². The number of hydrogen-bond acceptors (Lipinski definition) is 9. The molecule has 41 heavy (non-hydrogen) atoms. The topological polar surface area (TPSA) is 101 Å². The summed E-state index contributed by atoms with van der Waals surface area (Å²) in [5.41, 5.74) is -4.79. The van der Waals surface area contributed by atoms with E-state index in [2.05, 4.69) is 15.3 Å². The zero-order chi connectivity index (χ0) is 29.4. The molecule has 0 saturated carbocycles. The minimum absolute atomic E-state index is 0.171. The predicted octanol–water partition coefficient (Wildman–Crippen LogP) is 4.37. The van der Waals surface area contributed by atoms with Crippen LogP contribution in [0.5, 0.6) is 0 Å². The first-order valence-corrected chi connectivity index (χ1v) is 14.0. The first kappa shape index (κ1) is 28.9. The SMILES string of the molecule is O=S(=O)(c1ccc(Nc2nc(N3CCOCC3)nc3c2CCN(c2ncccc2C(F)(F)F)CC3)cc1)C(F)(F)F. The number of halogens is 6. The van der Waals surface area contributed by atoms with Crippen LogP contribution in [0.1, 0.15) is 16.8 Å². The molecule has 220 valence electrons. The van der Waals surface area contributed by atoms with Crippen LogP contribution in [0.2, 0.25) is 0 Å². The van der Waals surface area contributed by atoms with E-state index in [1.165, 1.54) is 24.4 Å².